The van der Waals surface area contributed by atoms with E-state index in [1.807, 2.05) is 0 Å². The van der Waals surface area contributed by atoms with E-state index in [9.17, 15) is 17.6 Å². The molecule has 0 bridgehead atoms. The molecule has 1 aromatic carbocycles. The summed E-state index contributed by atoms with van der Waals surface area (Å²) in [5.74, 6) is -0.485. The third-order valence-corrected chi connectivity index (χ3v) is 3.09. The van der Waals surface area contributed by atoms with Crippen molar-refractivity contribution in [1.29, 1.82) is 0 Å². The predicted molar refractivity (Wildman–Crippen MR) is 57.7 cm³/mol. The van der Waals surface area contributed by atoms with Crippen LogP contribution in [0.25, 0.3) is 0 Å². The highest BCUT2D eigenvalue weighted by Crippen LogP contribution is 2.46. The SMILES string of the molecule is NC1CCC(F)(c2ccccc2OC(F)(F)F)C1. The van der Waals surface area contributed by atoms with Crippen molar-refractivity contribution < 1.29 is 22.3 Å². The Morgan fingerprint density at radius 1 is 1.28 bits per heavy atom. The van der Waals surface area contributed by atoms with Gasteiger partial charge in [0.05, 0.1) is 0 Å². The highest BCUT2D eigenvalue weighted by Gasteiger charge is 2.43. The fourth-order valence-corrected chi connectivity index (χ4v) is 2.33. The summed E-state index contributed by atoms with van der Waals surface area (Å²) < 4.78 is 55.2. The van der Waals surface area contributed by atoms with Gasteiger partial charge in [0.15, 0.2) is 0 Å². The van der Waals surface area contributed by atoms with Crippen LogP contribution in [0, 0.1) is 0 Å². The van der Waals surface area contributed by atoms with Crippen LogP contribution in [0.2, 0.25) is 0 Å². The number of ether oxygens (including phenoxy) is 1. The Bertz CT molecular complexity index is 434. The molecule has 0 aliphatic heterocycles. The van der Waals surface area contributed by atoms with Crippen molar-refractivity contribution in [3.8, 4) is 5.75 Å². The minimum atomic E-state index is -4.83. The molecule has 1 aliphatic rings. The van der Waals surface area contributed by atoms with Gasteiger partial charge in [-0.05, 0) is 18.9 Å². The summed E-state index contributed by atoms with van der Waals surface area (Å²) in [6, 6.07) is 4.98. The molecule has 2 unspecified atom stereocenters. The number of benzene rings is 1. The molecule has 0 saturated heterocycles. The minimum absolute atomic E-state index is 0.0191. The molecular weight excluding hydrogens is 250 g/mol. The van der Waals surface area contributed by atoms with Gasteiger partial charge in [-0.25, -0.2) is 4.39 Å². The Labute approximate surface area is 102 Å². The number of halogens is 4. The van der Waals surface area contributed by atoms with Gasteiger partial charge < -0.3 is 10.5 Å². The van der Waals surface area contributed by atoms with Crippen LogP contribution in [-0.2, 0) is 5.67 Å². The zero-order chi connectivity index (χ0) is 13.4. The number of para-hydroxylation sites is 1. The Kier molecular flexibility index (Phi) is 3.23. The maximum atomic E-state index is 14.6. The largest absolute Gasteiger partial charge is 0.573 e. The molecule has 2 N–H and O–H groups in total. The van der Waals surface area contributed by atoms with E-state index in [0.717, 1.165) is 6.07 Å². The molecule has 18 heavy (non-hydrogen) atoms. The summed E-state index contributed by atoms with van der Waals surface area (Å²) in [6.07, 6.45) is -4.23. The highest BCUT2D eigenvalue weighted by atomic mass is 19.4. The lowest BCUT2D eigenvalue weighted by Crippen LogP contribution is -2.24. The Morgan fingerprint density at radius 3 is 2.50 bits per heavy atom. The van der Waals surface area contributed by atoms with E-state index in [1.165, 1.54) is 18.2 Å². The lowest BCUT2D eigenvalue weighted by molar-refractivity contribution is -0.275. The number of alkyl halides is 4. The normalized spacial score (nSPS) is 28.4. The lowest BCUT2D eigenvalue weighted by Gasteiger charge is -2.23. The summed E-state index contributed by atoms with van der Waals surface area (Å²) in [5, 5.41) is 0. The molecule has 0 amide bonds. The number of hydrogen-bond donors (Lipinski definition) is 1. The monoisotopic (exact) mass is 263 g/mol. The molecule has 0 radical (unpaired) electrons. The summed E-state index contributed by atoms with van der Waals surface area (Å²) in [5.41, 5.74) is 3.72. The minimum Gasteiger partial charge on any atom is -0.405 e. The van der Waals surface area contributed by atoms with Gasteiger partial charge in [0.2, 0.25) is 0 Å². The zero-order valence-electron chi connectivity index (χ0n) is 9.51. The van der Waals surface area contributed by atoms with Crippen LogP contribution >= 0.6 is 0 Å². The van der Waals surface area contributed by atoms with Crippen molar-refractivity contribution in [3.05, 3.63) is 29.8 Å². The molecule has 0 spiro atoms. The first-order valence-electron chi connectivity index (χ1n) is 5.60. The van der Waals surface area contributed by atoms with E-state index in [2.05, 4.69) is 4.74 Å². The third kappa shape index (κ3) is 2.75. The summed E-state index contributed by atoms with van der Waals surface area (Å²) >= 11 is 0. The average molecular weight is 263 g/mol. The molecule has 2 nitrogen and oxygen atoms in total. The standard InChI is InChI=1S/C12H13F4NO/c13-11(6-5-8(17)7-11)9-3-1-2-4-10(9)18-12(14,15)16/h1-4,8H,5-7,17H2. The van der Waals surface area contributed by atoms with Gasteiger partial charge in [-0.3, -0.25) is 0 Å². The van der Waals surface area contributed by atoms with Gasteiger partial charge in [-0.15, -0.1) is 13.2 Å². The molecule has 6 heteroatoms. The van der Waals surface area contributed by atoms with Gasteiger partial charge >= 0.3 is 6.36 Å². The topological polar surface area (TPSA) is 35.2 Å². The Morgan fingerprint density at radius 2 is 1.94 bits per heavy atom. The van der Waals surface area contributed by atoms with Gasteiger partial charge in [0.25, 0.3) is 0 Å². The van der Waals surface area contributed by atoms with Gasteiger partial charge in [0.1, 0.15) is 11.4 Å². The van der Waals surface area contributed by atoms with Crippen molar-refractivity contribution in [2.45, 2.75) is 37.3 Å². The smallest absolute Gasteiger partial charge is 0.405 e. The van der Waals surface area contributed by atoms with E-state index >= 15 is 0 Å². The first-order chi connectivity index (χ1) is 8.30. The molecule has 1 aliphatic carbocycles. The molecule has 1 saturated carbocycles. The van der Waals surface area contributed by atoms with Crippen molar-refractivity contribution in [3.63, 3.8) is 0 Å². The second-order valence-corrected chi connectivity index (χ2v) is 4.51. The summed E-state index contributed by atoms with van der Waals surface area (Å²) in [7, 11) is 0. The molecule has 100 valence electrons. The van der Waals surface area contributed by atoms with Crippen molar-refractivity contribution in [2.24, 2.45) is 5.73 Å². The van der Waals surface area contributed by atoms with Crippen LogP contribution < -0.4 is 10.5 Å². The summed E-state index contributed by atoms with van der Waals surface area (Å²) in [6.45, 7) is 0. The van der Waals surface area contributed by atoms with Crippen LogP contribution in [0.15, 0.2) is 24.3 Å². The maximum absolute atomic E-state index is 14.6. The van der Waals surface area contributed by atoms with Crippen molar-refractivity contribution >= 4 is 0 Å². The highest BCUT2D eigenvalue weighted by molar-refractivity contribution is 5.39. The van der Waals surface area contributed by atoms with E-state index in [4.69, 9.17) is 5.73 Å². The van der Waals surface area contributed by atoms with E-state index in [0.29, 0.717) is 6.42 Å². The second kappa shape index (κ2) is 4.42. The van der Waals surface area contributed by atoms with Gasteiger partial charge in [0, 0.05) is 18.0 Å². The van der Waals surface area contributed by atoms with E-state index in [1.54, 1.807) is 0 Å². The number of rotatable bonds is 2. The lowest BCUT2D eigenvalue weighted by atomic mass is 9.93. The Balaban J connectivity index is 2.33. The molecule has 0 heterocycles. The van der Waals surface area contributed by atoms with Crippen LogP contribution in [0.3, 0.4) is 0 Å². The zero-order valence-corrected chi connectivity index (χ0v) is 9.51. The second-order valence-electron chi connectivity index (χ2n) is 4.51. The van der Waals surface area contributed by atoms with Crippen LogP contribution in [0.1, 0.15) is 24.8 Å². The number of nitrogens with two attached hydrogens (primary N) is 1. The molecule has 1 aromatic rings. The Hall–Kier alpha value is -1.30. The predicted octanol–water partition coefficient (Wildman–Crippen LogP) is 3.26. The fourth-order valence-electron chi connectivity index (χ4n) is 2.33. The average Bonchev–Trinajstić information content (AvgIpc) is 2.58. The molecule has 0 aromatic heterocycles. The molecule has 1 fully saturated rings. The van der Waals surface area contributed by atoms with Gasteiger partial charge in [-0.2, -0.15) is 0 Å². The quantitative estimate of drug-likeness (QED) is 0.831. The fraction of sp³-hybridized carbons (Fsp3) is 0.500. The van der Waals surface area contributed by atoms with Crippen LogP contribution in [0.4, 0.5) is 17.6 Å². The first-order valence-corrected chi connectivity index (χ1v) is 5.60. The molecular formula is C12H13F4NO. The first kappa shape index (κ1) is 13.1. The van der Waals surface area contributed by atoms with Crippen molar-refractivity contribution in [1.82, 2.24) is 0 Å². The third-order valence-electron chi connectivity index (χ3n) is 3.09. The van der Waals surface area contributed by atoms with Crippen LogP contribution in [-0.4, -0.2) is 12.4 Å². The van der Waals surface area contributed by atoms with Gasteiger partial charge in [-0.1, -0.05) is 18.2 Å². The number of hydrogen-bond acceptors (Lipinski definition) is 2. The maximum Gasteiger partial charge on any atom is 0.573 e. The molecule has 2 rings (SSSR count). The van der Waals surface area contributed by atoms with Crippen LogP contribution in [0.5, 0.6) is 5.75 Å². The van der Waals surface area contributed by atoms with E-state index in [-0.39, 0.29) is 24.4 Å². The summed E-state index contributed by atoms with van der Waals surface area (Å²) in [4.78, 5) is 0. The molecule has 2 atom stereocenters. The van der Waals surface area contributed by atoms with E-state index < -0.39 is 17.8 Å². The van der Waals surface area contributed by atoms with Crippen molar-refractivity contribution in [2.75, 3.05) is 0 Å².